The van der Waals surface area contributed by atoms with E-state index in [9.17, 15) is 13.5 Å². The van der Waals surface area contributed by atoms with Crippen LogP contribution in [0.2, 0.25) is 0 Å². The van der Waals surface area contributed by atoms with E-state index in [0.29, 0.717) is 16.5 Å². The number of fused-ring (bicyclic) bond motifs is 1. The van der Waals surface area contributed by atoms with Crippen molar-refractivity contribution in [3.63, 3.8) is 0 Å². The van der Waals surface area contributed by atoms with Crippen LogP contribution in [0.25, 0.3) is 10.8 Å². The number of aromatic hydroxyl groups is 1. The molecule has 24 heavy (non-hydrogen) atoms. The molecule has 0 aromatic heterocycles. The summed E-state index contributed by atoms with van der Waals surface area (Å²) in [6.07, 6.45) is 0. The molecule has 3 aromatic rings. The molecule has 0 aliphatic carbocycles. The van der Waals surface area contributed by atoms with E-state index in [1.54, 1.807) is 18.2 Å². The van der Waals surface area contributed by atoms with E-state index in [0.717, 1.165) is 5.56 Å². The molecule has 0 saturated heterocycles. The molecule has 2 N–H and O–H groups in total. The molecular weight excluding hydrogens is 328 g/mol. The minimum atomic E-state index is -4.29. The van der Waals surface area contributed by atoms with Gasteiger partial charge in [0.15, 0.2) is 0 Å². The van der Waals surface area contributed by atoms with Crippen molar-refractivity contribution < 1.29 is 19.5 Å². The van der Waals surface area contributed by atoms with E-state index in [1.807, 2.05) is 19.1 Å². The van der Waals surface area contributed by atoms with Crippen molar-refractivity contribution in [1.82, 2.24) is 0 Å². The van der Waals surface area contributed by atoms with Crippen LogP contribution < -0.4 is 0 Å². The largest absolute Gasteiger partial charge is 0.506 e. The SMILES string of the molecule is Cc1ccc(N=Nc2c(O)ccc3cc(S(=O)(=O)O)ccc23)cc1.[HH]. The highest BCUT2D eigenvalue weighted by Gasteiger charge is 2.13. The van der Waals surface area contributed by atoms with Crippen LogP contribution in [-0.2, 0) is 10.1 Å². The number of hydrogen-bond acceptors (Lipinski definition) is 5. The smallest absolute Gasteiger partial charge is 0.294 e. The predicted molar refractivity (Wildman–Crippen MR) is 92.9 cm³/mol. The molecule has 0 radical (unpaired) electrons. The van der Waals surface area contributed by atoms with Gasteiger partial charge in [0.1, 0.15) is 11.4 Å². The Kier molecular flexibility index (Phi) is 4.04. The maximum atomic E-state index is 11.2. The fourth-order valence-corrected chi connectivity index (χ4v) is 2.78. The average Bonchev–Trinajstić information content (AvgIpc) is 2.54. The van der Waals surface area contributed by atoms with Crippen molar-refractivity contribution >= 4 is 32.3 Å². The first-order valence-electron chi connectivity index (χ1n) is 7.06. The van der Waals surface area contributed by atoms with Gasteiger partial charge in [-0.05, 0) is 42.6 Å². The zero-order chi connectivity index (χ0) is 17.3. The van der Waals surface area contributed by atoms with Gasteiger partial charge in [0, 0.05) is 6.81 Å². The quantitative estimate of drug-likeness (QED) is 0.528. The van der Waals surface area contributed by atoms with Crippen molar-refractivity contribution in [2.75, 3.05) is 0 Å². The van der Waals surface area contributed by atoms with Crippen molar-refractivity contribution in [3.8, 4) is 5.75 Å². The van der Waals surface area contributed by atoms with Gasteiger partial charge >= 0.3 is 0 Å². The summed E-state index contributed by atoms with van der Waals surface area (Å²) in [7, 11) is -4.29. The van der Waals surface area contributed by atoms with Crippen molar-refractivity contribution in [2.24, 2.45) is 10.2 Å². The molecule has 3 aromatic carbocycles. The van der Waals surface area contributed by atoms with Crippen LogP contribution in [0.3, 0.4) is 0 Å². The van der Waals surface area contributed by atoms with E-state index in [-0.39, 0.29) is 17.8 Å². The topological polar surface area (TPSA) is 99.3 Å². The zero-order valence-electron chi connectivity index (χ0n) is 12.7. The molecule has 0 unspecified atom stereocenters. The molecule has 6 nitrogen and oxygen atoms in total. The Hall–Kier alpha value is -2.77. The van der Waals surface area contributed by atoms with Gasteiger partial charge in [-0.1, -0.05) is 29.8 Å². The van der Waals surface area contributed by atoms with Crippen molar-refractivity contribution in [1.29, 1.82) is 0 Å². The highest BCUT2D eigenvalue weighted by molar-refractivity contribution is 7.85. The molecule has 0 heterocycles. The molecule has 124 valence electrons. The van der Waals surface area contributed by atoms with Gasteiger partial charge in [-0.3, -0.25) is 4.55 Å². The fraction of sp³-hybridized carbons (Fsp3) is 0.0588. The summed E-state index contributed by atoms with van der Waals surface area (Å²) in [5.74, 6) is -0.0713. The number of azo groups is 1. The molecule has 0 spiro atoms. The van der Waals surface area contributed by atoms with Gasteiger partial charge < -0.3 is 5.11 Å². The monoisotopic (exact) mass is 344 g/mol. The van der Waals surface area contributed by atoms with Gasteiger partial charge in [0.2, 0.25) is 0 Å². The molecule has 0 bridgehead atoms. The highest BCUT2D eigenvalue weighted by atomic mass is 32.2. The third-order valence-electron chi connectivity index (χ3n) is 3.54. The minimum Gasteiger partial charge on any atom is -0.506 e. The Morgan fingerprint density at radius 3 is 2.33 bits per heavy atom. The van der Waals surface area contributed by atoms with Gasteiger partial charge in [-0.2, -0.15) is 13.5 Å². The second-order valence-corrected chi connectivity index (χ2v) is 6.75. The summed E-state index contributed by atoms with van der Waals surface area (Å²) in [6, 6.07) is 14.4. The third-order valence-corrected chi connectivity index (χ3v) is 4.39. The van der Waals surface area contributed by atoms with Crippen LogP contribution in [0.1, 0.15) is 6.99 Å². The normalized spacial score (nSPS) is 12.1. The molecule has 0 atom stereocenters. The Labute approximate surface area is 140 Å². The molecule has 7 heteroatoms. The van der Waals surface area contributed by atoms with Gasteiger partial charge in [0.05, 0.1) is 10.6 Å². The minimum absolute atomic E-state index is 0. The van der Waals surface area contributed by atoms with Crippen LogP contribution in [-0.4, -0.2) is 18.1 Å². The Morgan fingerprint density at radius 1 is 0.958 bits per heavy atom. The van der Waals surface area contributed by atoms with E-state index in [2.05, 4.69) is 10.2 Å². The maximum absolute atomic E-state index is 11.2. The molecule has 3 rings (SSSR count). The van der Waals surface area contributed by atoms with Crippen molar-refractivity contribution in [3.05, 3.63) is 60.2 Å². The summed E-state index contributed by atoms with van der Waals surface area (Å²) in [5, 5.41) is 19.3. The number of phenolic OH excluding ortho intramolecular Hbond substituents is 1. The average molecular weight is 344 g/mol. The van der Waals surface area contributed by atoms with Crippen LogP contribution in [0, 0.1) is 6.92 Å². The number of benzene rings is 3. The van der Waals surface area contributed by atoms with E-state index in [4.69, 9.17) is 4.55 Å². The Morgan fingerprint density at radius 2 is 1.67 bits per heavy atom. The Bertz CT molecular complexity index is 1050. The molecule has 0 fully saturated rings. The fourth-order valence-electron chi connectivity index (χ4n) is 2.26. The summed E-state index contributed by atoms with van der Waals surface area (Å²) in [6.45, 7) is 1.96. The Balaban J connectivity index is 0.00000225. The summed E-state index contributed by atoms with van der Waals surface area (Å²) in [5.41, 5.74) is 1.96. The van der Waals surface area contributed by atoms with Crippen LogP contribution >= 0.6 is 0 Å². The first-order chi connectivity index (χ1) is 11.3. The molecule has 0 saturated carbocycles. The number of rotatable bonds is 3. The first kappa shape index (κ1) is 16.1. The molecule has 0 aliphatic heterocycles. The molecule has 0 aliphatic rings. The zero-order valence-corrected chi connectivity index (χ0v) is 13.5. The predicted octanol–water partition coefficient (Wildman–Crippen LogP) is 4.76. The lowest BCUT2D eigenvalue weighted by Gasteiger charge is -2.05. The molecule has 0 amide bonds. The lowest BCUT2D eigenvalue weighted by atomic mass is 10.1. The van der Waals surface area contributed by atoms with Gasteiger partial charge in [-0.15, -0.1) is 5.11 Å². The number of phenols is 1. The van der Waals surface area contributed by atoms with E-state index >= 15 is 0 Å². The lowest BCUT2D eigenvalue weighted by Crippen LogP contribution is -1.97. The van der Waals surface area contributed by atoms with Crippen LogP contribution in [0.5, 0.6) is 5.75 Å². The lowest BCUT2D eigenvalue weighted by molar-refractivity contribution is 0.477. The second-order valence-electron chi connectivity index (χ2n) is 5.33. The van der Waals surface area contributed by atoms with E-state index < -0.39 is 10.1 Å². The number of nitrogens with zero attached hydrogens (tertiary/aromatic N) is 2. The maximum Gasteiger partial charge on any atom is 0.294 e. The first-order valence-corrected chi connectivity index (χ1v) is 8.50. The van der Waals surface area contributed by atoms with E-state index in [1.165, 1.54) is 24.3 Å². The number of hydrogen-bond donors (Lipinski definition) is 2. The standard InChI is InChI=1S/C17H14N2O4S.H2/c1-11-2-5-13(6-3-11)18-19-17-15-8-7-14(24(21,22)23)10-12(15)4-9-16(17)20;/h2-10,20H,1H3,(H,21,22,23);1H. The van der Waals surface area contributed by atoms with Gasteiger partial charge in [0.25, 0.3) is 10.1 Å². The third kappa shape index (κ3) is 3.27. The second kappa shape index (κ2) is 6.03. The van der Waals surface area contributed by atoms with Crippen LogP contribution in [0.4, 0.5) is 11.4 Å². The van der Waals surface area contributed by atoms with Crippen LogP contribution in [0.15, 0.2) is 69.7 Å². The van der Waals surface area contributed by atoms with Gasteiger partial charge in [-0.25, -0.2) is 0 Å². The van der Waals surface area contributed by atoms with Crippen molar-refractivity contribution in [2.45, 2.75) is 11.8 Å². The molecular formula is C17H16N2O4S. The summed E-state index contributed by atoms with van der Waals surface area (Å²) >= 11 is 0. The summed E-state index contributed by atoms with van der Waals surface area (Å²) < 4.78 is 31.6. The highest BCUT2D eigenvalue weighted by Crippen LogP contribution is 2.36. The number of aryl methyl sites for hydroxylation is 1. The summed E-state index contributed by atoms with van der Waals surface area (Å²) in [4.78, 5) is -0.220.